The van der Waals surface area contributed by atoms with Crippen LogP contribution < -0.4 is 5.32 Å². The van der Waals surface area contributed by atoms with Gasteiger partial charge in [-0.15, -0.1) is 0 Å². The van der Waals surface area contributed by atoms with Gasteiger partial charge < -0.3 is 5.32 Å². The molecule has 1 N–H and O–H groups in total. The highest BCUT2D eigenvalue weighted by atomic mass is 15.3. The van der Waals surface area contributed by atoms with Crippen molar-refractivity contribution >= 4 is 0 Å². The van der Waals surface area contributed by atoms with Crippen LogP contribution in [0.3, 0.4) is 0 Å². The van der Waals surface area contributed by atoms with E-state index in [2.05, 4.69) is 55.5 Å². The van der Waals surface area contributed by atoms with E-state index in [4.69, 9.17) is 0 Å². The first-order chi connectivity index (χ1) is 9.17. The molecule has 0 radical (unpaired) electrons. The Bertz CT molecular complexity index is 543. The van der Waals surface area contributed by atoms with Gasteiger partial charge in [-0.3, -0.25) is 4.68 Å². The van der Waals surface area contributed by atoms with E-state index < -0.39 is 0 Å². The van der Waals surface area contributed by atoms with Crippen molar-refractivity contribution in [1.82, 2.24) is 15.1 Å². The molecule has 3 heteroatoms. The SMILES string of the molecule is CCNC(c1cccc(CC)c1)c1cnn(C)c1C. The van der Waals surface area contributed by atoms with Gasteiger partial charge in [0.2, 0.25) is 0 Å². The van der Waals surface area contributed by atoms with Crippen molar-refractivity contribution in [3.05, 3.63) is 52.8 Å². The Balaban J connectivity index is 2.42. The molecule has 1 unspecified atom stereocenters. The molecule has 1 aromatic heterocycles. The van der Waals surface area contributed by atoms with Crippen LogP contribution in [0.25, 0.3) is 0 Å². The zero-order valence-electron chi connectivity index (χ0n) is 12.3. The second-order valence-corrected chi connectivity index (χ2v) is 4.90. The van der Waals surface area contributed by atoms with Crippen LogP contribution in [0.4, 0.5) is 0 Å². The maximum absolute atomic E-state index is 4.36. The van der Waals surface area contributed by atoms with Gasteiger partial charge in [-0.25, -0.2) is 0 Å². The number of rotatable bonds is 5. The van der Waals surface area contributed by atoms with E-state index in [9.17, 15) is 0 Å². The summed E-state index contributed by atoms with van der Waals surface area (Å²) in [5.41, 5.74) is 5.17. The molecular formula is C16H23N3. The van der Waals surface area contributed by atoms with Gasteiger partial charge in [0.15, 0.2) is 0 Å². The molecule has 3 nitrogen and oxygen atoms in total. The quantitative estimate of drug-likeness (QED) is 0.892. The largest absolute Gasteiger partial charge is 0.306 e. The summed E-state index contributed by atoms with van der Waals surface area (Å²) in [6.07, 6.45) is 3.04. The second kappa shape index (κ2) is 6.02. The number of aryl methyl sites for hydroxylation is 2. The Labute approximate surface area is 115 Å². The van der Waals surface area contributed by atoms with Crippen LogP contribution >= 0.6 is 0 Å². The Morgan fingerprint density at radius 3 is 2.68 bits per heavy atom. The molecule has 0 aliphatic heterocycles. The van der Waals surface area contributed by atoms with Gasteiger partial charge in [0, 0.05) is 18.3 Å². The highest BCUT2D eigenvalue weighted by molar-refractivity contribution is 5.35. The third kappa shape index (κ3) is 2.87. The number of nitrogens with zero attached hydrogens (tertiary/aromatic N) is 2. The van der Waals surface area contributed by atoms with Crippen molar-refractivity contribution in [3.63, 3.8) is 0 Å². The second-order valence-electron chi connectivity index (χ2n) is 4.90. The third-order valence-corrected chi connectivity index (χ3v) is 3.69. The van der Waals surface area contributed by atoms with Gasteiger partial charge in [0.05, 0.1) is 12.2 Å². The summed E-state index contributed by atoms with van der Waals surface area (Å²) in [5.74, 6) is 0. The van der Waals surface area contributed by atoms with Gasteiger partial charge in [0.1, 0.15) is 0 Å². The molecule has 0 aliphatic carbocycles. The zero-order chi connectivity index (χ0) is 13.8. The predicted octanol–water partition coefficient (Wildman–Crippen LogP) is 2.99. The van der Waals surface area contributed by atoms with E-state index >= 15 is 0 Å². The fourth-order valence-corrected chi connectivity index (χ4v) is 2.40. The summed E-state index contributed by atoms with van der Waals surface area (Å²) in [7, 11) is 1.99. The van der Waals surface area contributed by atoms with E-state index in [-0.39, 0.29) is 6.04 Å². The molecule has 2 rings (SSSR count). The number of hydrogen-bond donors (Lipinski definition) is 1. The molecule has 0 bridgehead atoms. The maximum atomic E-state index is 4.36. The molecule has 0 saturated heterocycles. The standard InChI is InChI=1S/C16H23N3/c1-5-13-8-7-9-14(10-13)16(17-6-2)15-11-18-19(4)12(15)3/h7-11,16-17H,5-6H2,1-4H3. The number of aromatic nitrogens is 2. The minimum atomic E-state index is 0.227. The molecule has 1 atom stereocenters. The lowest BCUT2D eigenvalue weighted by molar-refractivity contribution is 0.624. The fourth-order valence-electron chi connectivity index (χ4n) is 2.40. The van der Waals surface area contributed by atoms with Crippen molar-refractivity contribution in [2.75, 3.05) is 6.54 Å². The Morgan fingerprint density at radius 1 is 1.32 bits per heavy atom. The summed E-state index contributed by atoms with van der Waals surface area (Å²) < 4.78 is 1.93. The van der Waals surface area contributed by atoms with Crippen LogP contribution in [0, 0.1) is 6.92 Å². The molecular weight excluding hydrogens is 234 g/mol. The van der Waals surface area contributed by atoms with Crippen LogP contribution in [0.5, 0.6) is 0 Å². The van der Waals surface area contributed by atoms with Crippen LogP contribution in [-0.4, -0.2) is 16.3 Å². The smallest absolute Gasteiger partial charge is 0.0610 e. The predicted molar refractivity (Wildman–Crippen MR) is 79.3 cm³/mol. The Kier molecular flexibility index (Phi) is 4.38. The van der Waals surface area contributed by atoms with Gasteiger partial charge in [-0.1, -0.05) is 38.1 Å². The third-order valence-electron chi connectivity index (χ3n) is 3.69. The molecule has 1 heterocycles. The van der Waals surface area contributed by atoms with Crippen molar-refractivity contribution in [1.29, 1.82) is 0 Å². The average molecular weight is 257 g/mol. The molecule has 0 spiro atoms. The van der Waals surface area contributed by atoms with E-state index in [0.717, 1.165) is 13.0 Å². The van der Waals surface area contributed by atoms with Crippen molar-refractivity contribution in [2.45, 2.75) is 33.2 Å². The summed E-state index contributed by atoms with van der Waals surface area (Å²) in [6, 6.07) is 9.04. The molecule has 2 aromatic rings. The fraction of sp³-hybridized carbons (Fsp3) is 0.438. The van der Waals surface area contributed by atoms with Gasteiger partial charge >= 0.3 is 0 Å². The lowest BCUT2D eigenvalue weighted by Gasteiger charge is -2.19. The Morgan fingerprint density at radius 2 is 2.11 bits per heavy atom. The van der Waals surface area contributed by atoms with Crippen molar-refractivity contribution in [3.8, 4) is 0 Å². The lowest BCUT2D eigenvalue weighted by atomic mass is 9.97. The summed E-state index contributed by atoms with van der Waals surface area (Å²) in [5, 5.41) is 7.93. The van der Waals surface area contributed by atoms with E-state index in [1.807, 2.05) is 17.9 Å². The summed E-state index contributed by atoms with van der Waals surface area (Å²) in [6.45, 7) is 7.39. The van der Waals surface area contributed by atoms with Crippen LogP contribution in [0.15, 0.2) is 30.5 Å². The van der Waals surface area contributed by atoms with Crippen LogP contribution in [0.2, 0.25) is 0 Å². The van der Waals surface area contributed by atoms with E-state index in [1.54, 1.807) is 0 Å². The molecule has 0 aliphatic rings. The van der Waals surface area contributed by atoms with E-state index in [0.29, 0.717) is 0 Å². The topological polar surface area (TPSA) is 29.9 Å². The lowest BCUT2D eigenvalue weighted by Crippen LogP contribution is -2.22. The molecule has 102 valence electrons. The minimum Gasteiger partial charge on any atom is -0.306 e. The first-order valence-corrected chi connectivity index (χ1v) is 6.98. The highest BCUT2D eigenvalue weighted by Gasteiger charge is 2.17. The highest BCUT2D eigenvalue weighted by Crippen LogP contribution is 2.25. The molecule has 0 saturated carbocycles. The summed E-state index contributed by atoms with van der Waals surface area (Å²) >= 11 is 0. The van der Waals surface area contributed by atoms with Gasteiger partial charge in [-0.2, -0.15) is 5.10 Å². The van der Waals surface area contributed by atoms with Crippen LogP contribution in [0.1, 0.15) is 42.3 Å². The maximum Gasteiger partial charge on any atom is 0.0610 e. The normalized spacial score (nSPS) is 12.6. The summed E-state index contributed by atoms with van der Waals surface area (Å²) in [4.78, 5) is 0. The first kappa shape index (κ1) is 13.8. The van der Waals surface area contributed by atoms with Gasteiger partial charge in [0.25, 0.3) is 0 Å². The monoisotopic (exact) mass is 257 g/mol. The van der Waals surface area contributed by atoms with E-state index in [1.165, 1.54) is 22.4 Å². The van der Waals surface area contributed by atoms with Crippen molar-refractivity contribution in [2.24, 2.45) is 7.05 Å². The number of benzene rings is 1. The van der Waals surface area contributed by atoms with Gasteiger partial charge in [-0.05, 0) is 31.0 Å². The molecule has 1 aromatic carbocycles. The zero-order valence-corrected chi connectivity index (χ0v) is 12.3. The molecule has 0 amide bonds. The molecule has 0 fully saturated rings. The number of nitrogens with one attached hydrogen (secondary N) is 1. The van der Waals surface area contributed by atoms with Crippen molar-refractivity contribution < 1.29 is 0 Å². The minimum absolute atomic E-state index is 0.227. The average Bonchev–Trinajstić information content (AvgIpc) is 2.76. The van der Waals surface area contributed by atoms with Crippen LogP contribution in [-0.2, 0) is 13.5 Å². The number of hydrogen-bond acceptors (Lipinski definition) is 2. The molecule has 19 heavy (non-hydrogen) atoms. The Hall–Kier alpha value is -1.61. The first-order valence-electron chi connectivity index (χ1n) is 6.98.